The zero-order chi connectivity index (χ0) is 17.8. The van der Waals surface area contributed by atoms with Crippen molar-refractivity contribution in [2.75, 3.05) is 19.1 Å². The Kier molecular flexibility index (Phi) is 5.33. The fourth-order valence-electron chi connectivity index (χ4n) is 2.83. The van der Waals surface area contributed by atoms with Gasteiger partial charge in [0.15, 0.2) is 0 Å². The first-order valence-corrected chi connectivity index (χ1v) is 9.08. The summed E-state index contributed by atoms with van der Waals surface area (Å²) in [7, 11) is 1.67. The number of thiazole rings is 1. The smallest absolute Gasteiger partial charge is 0.350 e. The van der Waals surface area contributed by atoms with Gasteiger partial charge >= 0.3 is 5.97 Å². The molecular weight excluding hydrogens is 338 g/mol. The molecular formula is C18H21N3O3S. The molecule has 0 saturated heterocycles. The molecule has 0 spiro atoms. The van der Waals surface area contributed by atoms with Crippen LogP contribution in [0.15, 0.2) is 23.3 Å². The van der Waals surface area contributed by atoms with E-state index in [1.807, 2.05) is 12.1 Å². The predicted octanol–water partition coefficient (Wildman–Crippen LogP) is 3.79. The van der Waals surface area contributed by atoms with Crippen molar-refractivity contribution in [3.63, 3.8) is 0 Å². The third-order valence-corrected chi connectivity index (χ3v) is 5.07. The highest BCUT2D eigenvalue weighted by Crippen LogP contribution is 2.27. The second-order valence-corrected chi connectivity index (χ2v) is 6.70. The van der Waals surface area contributed by atoms with Crippen LogP contribution in [0.4, 0.5) is 5.13 Å². The van der Waals surface area contributed by atoms with E-state index in [9.17, 15) is 4.79 Å². The van der Waals surface area contributed by atoms with Crippen molar-refractivity contribution in [3.05, 3.63) is 39.9 Å². The Morgan fingerprint density at radius 2 is 2.24 bits per heavy atom. The van der Waals surface area contributed by atoms with Gasteiger partial charge in [0.05, 0.1) is 25.1 Å². The summed E-state index contributed by atoms with van der Waals surface area (Å²) in [6, 6.07) is 6.06. The van der Waals surface area contributed by atoms with Gasteiger partial charge in [0, 0.05) is 5.56 Å². The second kappa shape index (κ2) is 7.65. The van der Waals surface area contributed by atoms with Crippen LogP contribution in [0, 0.1) is 6.92 Å². The fraction of sp³-hybridized carbons (Fsp3) is 0.389. The first-order chi connectivity index (χ1) is 12.1. The molecule has 2 aromatic rings. The number of benzene rings is 1. The maximum Gasteiger partial charge on any atom is 0.350 e. The molecule has 0 aliphatic heterocycles. The van der Waals surface area contributed by atoms with E-state index >= 15 is 0 Å². The van der Waals surface area contributed by atoms with E-state index in [1.165, 1.54) is 16.9 Å². The van der Waals surface area contributed by atoms with Crippen molar-refractivity contribution in [1.82, 2.24) is 4.98 Å². The number of esters is 1. The largest absolute Gasteiger partial charge is 0.497 e. The third kappa shape index (κ3) is 3.82. The fourth-order valence-corrected chi connectivity index (χ4v) is 3.63. The van der Waals surface area contributed by atoms with Crippen LogP contribution in [0.2, 0.25) is 0 Å². The minimum absolute atomic E-state index is 0.340. The molecule has 6 nitrogen and oxygen atoms in total. The van der Waals surface area contributed by atoms with Gasteiger partial charge in [0.1, 0.15) is 10.6 Å². The molecule has 1 aliphatic carbocycles. The Balaban J connectivity index is 1.80. The number of aryl methyl sites for hydroxylation is 2. The quantitative estimate of drug-likeness (QED) is 0.649. The molecule has 0 amide bonds. The van der Waals surface area contributed by atoms with Crippen molar-refractivity contribution in [2.45, 2.75) is 33.1 Å². The average molecular weight is 359 g/mol. The van der Waals surface area contributed by atoms with Crippen molar-refractivity contribution in [3.8, 4) is 5.75 Å². The second-order valence-electron chi connectivity index (χ2n) is 5.70. The molecule has 25 heavy (non-hydrogen) atoms. The highest BCUT2D eigenvalue weighted by molar-refractivity contribution is 7.17. The molecule has 0 unspecified atom stereocenters. The molecule has 3 rings (SSSR count). The van der Waals surface area contributed by atoms with Crippen LogP contribution in [-0.2, 0) is 11.2 Å². The van der Waals surface area contributed by atoms with E-state index in [1.54, 1.807) is 21.0 Å². The van der Waals surface area contributed by atoms with Gasteiger partial charge in [-0.15, -0.1) is 0 Å². The lowest BCUT2D eigenvalue weighted by Gasteiger charge is -2.18. The number of anilines is 1. The number of nitrogens with one attached hydrogen (secondary N) is 1. The molecule has 0 saturated carbocycles. The lowest BCUT2D eigenvalue weighted by atomic mass is 9.90. The van der Waals surface area contributed by atoms with Crippen LogP contribution in [0.25, 0.3) is 0 Å². The van der Waals surface area contributed by atoms with Gasteiger partial charge in [0.25, 0.3) is 0 Å². The van der Waals surface area contributed by atoms with E-state index in [0.717, 1.165) is 36.3 Å². The van der Waals surface area contributed by atoms with E-state index < -0.39 is 0 Å². The molecule has 1 aromatic heterocycles. The van der Waals surface area contributed by atoms with Crippen LogP contribution in [0.1, 0.15) is 46.3 Å². The molecule has 0 bridgehead atoms. The summed E-state index contributed by atoms with van der Waals surface area (Å²) < 4.78 is 10.3. The number of carbonyl (C=O) groups is 1. The minimum atomic E-state index is -0.340. The number of rotatable bonds is 5. The lowest BCUT2D eigenvalue weighted by Crippen LogP contribution is -2.13. The molecule has 1 aliphatic rings. The Labute approximate surface area is 150 Å². The SMILES string of the molecule is CCOC(=O)c1sc(NN=C2CCCc3cc(OC)ccc32)nc1C. The Hall–Kier alpha value is -2.41. The Bertz CT molecular complexity index is 814. The Morgan fingerprint density at radius 3 is 3.00 bits per heavy atom. The maximum absolute atomic E-state index is 11.9. The van der Waals surface area contributed by atoms with Crippen LogP contribution in [-0.4, -0.2) is 30.4 Å². The monoisotopic (exact) mass is 359 g/mol. The third-order valence-electron chi connectivity index (χ3n) is 4.03. The lowest BCUT2D eigenvalue weighted by molar-refractivity contribution is 0.0531. The number of methoxy groups -OCH3 is 1. The number of hydrogen-bond acceptors (Lipinski definition) is 7. The van der Waals surface area contributed by atoms with Gasteiger partial charge in [-0.05, 0) is 56.9 Å². The number of aromatic nitrogens is 1. The summed E-state index contributed by atoms with van der Waals surface area (Å²) in [6.07, 6.45) is 2.97. The molecule has 1 N–H and O–H groups in total. The molecule has 1 heterocycles. The van der Waals surface area contributed by atoms with Gasteiger partial charge < -0.3 is 9.47 Å². The summed E-state index contributed by atoms with van der Waals surface area (Å²) in [5, 5.41) is 5.12. The molecule has 0 fully saturated rings. The summed E-state index contributed by atoms with van der Waals surface area (Å²) >= 11 is 1.26. The van der Waals surface area contributed by atoms with E-state index in [4.69, 9.17) is 9.47 Å². The summed E-state index contributed by atoms with van der Waals surface area (Å²) in [4.78, 5) is 16.8. The number of hydrogen-bond donors (Lipinski definition) is 1. The highest BCUT2D eigenvalue weighted by atomic mass is 32.1. The van der Waals surface area contributed by atoms with Crippen molar-refractivity contribution < 1.29 is 14.3 Å². The molecule has 132 valence electrons. The predicted molar refractivity (Wildman–Crippen MR) is 98.9 cm³/mol. The Morgan fingerprint density at radius 1 is 1.40 bits per heavy atom. The van der Waals surface area contributed by atoms with E-state index in [-0.39, 0.29) is 5.97 Å². The van der Waals surface area contributed by atoms with E-state index in [0.29, 0.717) is 22.3 Å². The summed E-state index contributed by atoms with van der Waals surface area (Å²) in [5.41, 5.74) is 7.03. The van der Waals surface area contributed by atoms with Gasteiger partial charge in [-0.3, -0.25) is 5.43 Å². The van der Waals surface area contributed by atoms with Crippen LogP contribution in [0.3, 0.4) is 0 Å². The van der Waals surface area contributed by atoms with Crippen LogP contribution >= 0.6 is 11.3 Å². The minimum Gasteiger partial charge on any atom is -0.497 e. The zero-order valence-electron chi connectivity index (χ0n) is 14.6. The first kappa shape index (κ1) is 17.4. The normalized spacial score (nSPS) is 14.9. The van der Waals surface area contributed by atoms with Crippen molar-refractivity contribution in [1.29, 1.82) is 0 Å². The molecule has 0 radical (unpaired) electrons. The molecule has 0 atom stereocenters. The van der Waals surface area contributed by atoms with Crippen molar-refractivity contribution >= 4 is 28.1 Å². The zero-order valence-corrected chi connectivity index (χ0v) is 15.4. The van der Waals surface area contributed by atoms with Crippen LogP contribution in [0.5, 0.6) is 5.75 Å². The van der Waals surface area contributed by atoms with Crippen LogP contribution < -0.4 is 10.2 Å². The van der Waals surface area contributed by atoms with Gasteiger partial charge in [-0.25, -0.2) is 9.78 Å². The molecule has 1 aromatic carbocycles. The van der Waals surface area contributed by atoms with Gasteiger partial charge in [0.2, 0.25) is 5.13 Å². The highest BCUT2D eigenvalue weighted by Gasteiger charge is 2.18. The number of fused-ring (bicyclic) bond motifs is 1. The number of carbonyl (C=O) groups excluding carboxylic acids is 1. The average Bonchev–Trinajstić information content (AvgIpc) is 3.00. The number of nitrogens with zero attached hydrogens (tertiary/aromatic N) is 2. The summed E-state index contributed by atoms with van der Waals surface area (Å²) in [5.74, 6) is 0.524. The van der Waals surface area contributed by atoms with E-state index in [2.05, 4.69) is 21.6 Å². The van der Waals surface area contributed by atoms with Gasteiger partial charge in [-0.2, -0.15) is 5.10 Å². The topological polar surface area (TPSA) is 72.8 Å². The number of hydrazone groups is 1. The first-order valence-electron chi connectivity index (χ1n) is 8.26. The maximum atomic E-state index is 11.9. The van der Waals surface area contributed by atoms with Gasteiger partial charge in [-0.1, -0.05) is 11.3 Å². The summed E-state index contributed by atoms with van der Waals surface area (Å²) in [6.45, 7) is 3.93. The number of ether oxygens (including phenoxy) is 2. The standard InChI is InChI=1S/C18H21N3O3S/c1-4-24-17(22)16-11(2)19-18(25-16)21-20-15-7-5-6-12-10-13(23-3)8-9-14(12)15/h8-10H,4-7H2,1-3H3,(H,19,21). The molecule has 7 heteroatoms. The van der Waals surface area contributed by atoms with Crippen molar-refractivity contribution in [2.24, 2.45) is 5.10 Å².